The van der Waals surface area contributed by atoms with Gasteiger partial charge in [0.05, 0.1) is 11.4 Å². The van der Waals surface area contributed by atoms with Crippen LogP contribution in [0.3, 0.4) is 0 Å². The van der Waals surface area contributed by atoms with Gasteiger partial charge < -0.3 is 25.7 Å². The molecule has 8 heteroatoms. The number of aliphatic hydroxyl groups excluding tert-OH is 1. The van der Waals surface area contributed by atoms with Gasteiger partial charge >= 0.3 is 0 Å². The third-order valence-electron chi connectivity index (χ3n) is 5.65. The fourth-order valence-electron chi connectivity index (χ4n) is 3.95. The molecule has 8 nitrogen and oxygen atoms in total. The number of rotatable bonds is 3. The van der Waals surface area contributed by atoms with Gasteiger partial charge in [0.15, 0.2) is 5.82 Å². The first-order valence-electron chi connectivity index (χ1n) is 10.6. The van der Waals surface area contributed by atoms with Gasteiger partial charge in [0.25, 0.3) is 0 Å². The summed E-state index contributed by atoms with van der Waals surface area (Å²) in [4.78, 5) is 8.82. The number of anilines is 3. The molecule has 32 heavy (non-hydrogen) atoms. The first-order chi connectivity index (χ1) is 15.6. The number of pyridine rings is 1. The van der Waals surface area contributed by atoms with Crippen LogP contribution in [-0.2, 0) is 0 Å². The minimum absolute atomic E-state index is 0.158. The highest BCUT2D eigenvalue weighted by atomic mass is 16.3. The second-order valence-electron chi connectivity index (χ2n) is 7.69. The van der Waals surface area contributed by atoms with Crippen molar-refractivity contribution >= 4 is 17.2 Å². The SMILES string of the molecule is C[C@@H]1CCN(c2cc(-c3ccccc3O)nnc2N)CCN1c1ccnc(C#CCO)c1. The summed E-state index contributed by atoms with van der Waals surface area (Å²) in [6.07, 6.45) is 2.67. The molecule has 3 heterocycles. The summed E-state index contributed by atoms with van der Waals surface area (Å²) in [6.45, 7) is 4.36. The van der Waals surface area contributed by atoms with E-state index in [-0.39, 0.29) is 12.4 Å². The van der Waals surface area contributed by atoms with E-state index in [2.05, 4.69) is 43.7 Å². The smallest absolute Gasteiger partial charge is 0.169 e. The van der Waals surface area contributed by atoms with Gasteiger partial charge in [0.2, 0.25) is 0 Å². The van der Waals surface area contributed by atoms with Crippen LogP contribution in [0.1, 0.15) is 19.0 Å². The molecule has 2 aromatic heterocycles. The van der Waals surface area contributed by atoms with Crippen molar-refractivity contribution in [3.63, 3.8) is 0 Å². The highest BCUT2D eigenvalue weighted by Gasteiger charge is 2.24. The summed E-state index contributed by atoms with van der Waals surface area (Å²) in [5.74, 6) is 6.05. The van der Waals surface area contributed by atoms with Gasteiger partial charge in [-0.15, -0.1) is 10.2 Å². The fourth-order valence-corrected chi connectivity index (χ4v) is 3.95. The number of aliphatic hydroxyl groups is 1. The zero-order valence-electron chi connectivity index (χ0n) is 17.9. The van der Waals surface area contributed by atoms with Crippen molar-refractivity contribution in [3.8, 4) is 28.8 Å². The van der Waals surface area contributed by atoms with E-state index in [4.69, 9.17) is 10.8 Å². The Morgan fingerprint density at radius 1 is 1.12 bits per heavy atom. The van der Waals surface area contributed by atoms with Crippen LogP contribution in [0.15, 0.2) is 48.7 Å². The Labute approximate surface area is 187 Å². The Balaban J connectivity index is 1.58. The molecule has 1 fully saturated rings. The topological polar surface area (TPSA) is 112 Å². The fraction of sp³-hybridized carbons (Fsp3) is 0.292. The van der Waals surface area contributed by atoms with E-state index in [9.17, 15) is 5.11 Å². The van der Waals surface area contributed by atoms with E-state index < -0.39 is 0 Å². The molecule has 0 saturated carbocycles. The Bertz CT molecular complexity index is 1160. The van der Waals surface area contributed by atoms with Gasteiger partial charge in [-0.25, -0.2) is 4.98 Å². The highest BCUT2D eigenvalue weighted by Crippen LogP contribution is 2.32. The van der Waals surface area contributed by atoms with Crippen LogP contribution in [0.5, 0.6) is 5.75 Å². The van der Waals surface area contributed by atoms with Crippen molar-refractivity contribution in [2.75, 3.05) is 41.8 Å². The number of benzene rings is 1. The molecule has 1 aliphatic heterocycles. The first kappa shape index (κ1) is 21.4. The molecule has 4 rings (SSSR count). The number of hydrogen-bond acceptors (Lipinski definition) is 8. The summed E-state index contributed by atoms with van der Waals surface area (Å²) in [7, 11) is 0. The van der Waals surface area contributed by atoms with Crippen LogP contribution in [0.25, 0.3) is 11.3 Å². The van der Waals surface area contributed by atoms with Crippen LogP contribution in [0.2, 0.25) is 0 Å². The minimum atomic E-state index is -0.189. The lowest BCUT2D eigenvalue weighted by atomic mass is 10.1. The van der Waals surface area contributed by atoms with E-state index in [1.165, 1.54) is 0 Å². The molecule has 164 valence electrons. The molecule has 0 amide bonds. The predicted octanol–water partition coefficient (Wildman–Crippen LogP) is 2.28. The Hall–Kier alpha value is -3.83. The van der Waals surface area contributed by atoms with Gasteiger partial charge in [-0.1, -0.05) is 18.1 Å². The molecule has 4 N–H and O–H groups in total. The van der Waals surface area contributed by atoms with Crippen LogP contribution in [0.4, 0.5) is 17.2 Å². The third-order valence-corrected chi connectivity index (χ3v) is 5.65. The summed E-state index contributed by atoms with van der Waals surface area (Å²) >= 11 is 0. The number of hydrogen-bond donors (Lipinski definition) is 3. The maximum Gasteiger partial charge on any atom is 0.169 e. The molecule has 0 aliphatic carbocycles. The summed E-state index contributed by atoms with van der Waals surface area (Å²) < 4.78 is 0. The lowest BCUT2D eigenvalue weighted by Crippen LogP contribution is -2.35. The molecule has 1 saturated heterocycles. The Morgan fingerprint density at radius 3 is 2.78 bits per heavy atom. The first-order valence-corrected chi connectivity index (χ1v) is 10.6. The summed E-state index contributed by atoms with van der Waals surface area (Å²) in [6, 6.07) is 13.2. The van der Waals surface area contributed by atoms with Gasteiger partial charge in [-0.2, -0.15) is 0 Å². The standard InChI is InChI=1S/C24H26N6O2/c1-17-9-11-29(12-13-30(17)19-8-10-26-18(15-19)5-4-14-31)22-16-21(27-28-24(22)25)20-6-2-3-7-23(20)32/h2-3,6-8,10,15-17,31-32H,9,11-14H2,1H3,(H2,25,28)/t17-/m1/s1. The quantitative estimate of drug-likeness (QED) is 0.543. The molecule has 3 aromatic rings. The van der Waals surface area contributed by atoms with Crippen molar-refractivity contribution in [3.05, 3.63) is 54.4 Å². The van der Waals surface area contributed by atoms with E-state index in [1.807, 2.05) is 30.3 Å². The Morgan fingerprint density at radius 2 is 1.97 bits per heavy atom. The average Bonchev–Trinajstić information content (AvgIpc) is 3.00. The molecule has 0 unspecified atom stereocenters. The number of aromatic hydroxyl groups is 1. The van der Waals surface area contributed by atoms with E-state index >= 15 is 0 Å². The average molecular weight is 431 g/mol. The van der Waals surface area contributed by atoms with Crippen LogP contribution < -0.4 is 15.5 Å². The largest absolute Gasteiger partial charge is 0.507 e. The number of phenols is 1. The number of nitrogens with two attached hydrogens (primary N) is 1. The maximum absolute atomic E-state index is 10.2. The second kappa shape index (κ2) is 9.54. The van der Waals surface area contributed by atoms with Crippen LogP contribution in [-0.4, -0.2) is 57.7 Å². The van der Waals surface area contributed by atoms with Crippen LogP contribution >= 0.6 is 0 Å². The predicted molar refractivity (Wildman–Crippen MR) is 125 cm³/mol. The monoisotopic (exact) mass is 430 g/mol. The second-order valence-corrected chi connectivity index (χ2v) is 7.69. The molecule has 1 atom stereocenters. The lowest BCUT2D eigenvalue weighted by Gasteiger charge is -2.29. The maximum atomic E-state index is 10.2. The number of aromatic nitrogens is 3. The van der Waals surface area contributed by atoms with E-state index in [1.54, 1.807) is 18.3 Å². The number of para-hydroxylation sites is 1. The van der Waals surface area contributed by atoms with Crippen molar-refractivity contribution in [2.24, 2.45) is 0 Å². The van der Waals surface area contributed by atoms with Gasteiger partial charge in [0, 0.05) is 43.1 Å². The molecule has 0 spiro atoms. The number of phenolic OH excluding ortho intramolecular Hbond substituents is 1. The summed E-state index contributed by atoms with van der Waals surface area (Å²) in [5.41, 5.74) is 9.91. The minimum Gasteiger partial charge on any atom is -0.507 e. The molecule has 1 aliphatic rings. The zero-order valence-corrected chi connectivity index (χ0v) is 17.9. The Kier molecular flexibility index (Phi) is 6.38. The number of nitrogen functional groups attached to an aromatic ring is 1. The van der Waals surface area contributed by atoms with Crippen molar-refractivity contribution in [1.29, 1.82) is 0 Å². The summed E-state index contributed by atoms with van der Waals surface area (Å²) in [5, 5.41) is 27.5. The third kappa shape index (κ3) is 4.58. The zero-order chi connectivity index (χ0) is 22.5. The van der Waals surface area contributed by atoms with Gasteiger partial charge in [0.1, 0.15) is 18.1 Å². The van der Waals surface area contributed by atoms with E-state index in [0.29, 0.717) is 28.8 Å². The lowest BCUT2D eigenvalue weighted by molar-refractivity contribution is 0.350. The molecular formula is C24H26N6O2. The van der Waals surface area contributed by atoms with Gasteiger partial charge in [-0.05, 0) is 49.6 Å². The van der Waals surface area contributed by atoms with Crippen molar-refractivity contribution < 1.29 is 10.2 Å². The van der Waals surface area contributed by atoms with Crippen molar-refractivity contribution in [2.45, 2.75) is 19.4 Å². The number of nitrogens with zero attached hydrogens (tertiary/aromatic N) is 5. The molecule has 0 radical (unpaired) electrons. The normalized spacial score (nSPS) is 16.2. The van der Waals surface area contributed by atoms with Crippen LogP contribution in [0, 0.1) is 11.8 Å². The van der Waals surface area contributed by atoms with Gasteiger partial charge in [-0.3, -0.25) is 0 Å². The van der Waals surface area contributed by atoms with E-state index in [0.717, 1.165) is 37.4 Å². The molecule has 1 aromatic carbocycles. The molecular weight excluding hydrogens is 404 g/mol. The molecule has 0 bridgehead atoms. The van der Waals surface area contributed by atoms with Crippen molar-refractivity contribution in [1.82, 2.24) is 15.2 Å². The highest BCUT2D eigenvalue weighted by molar-refractivity contribution is 5.74.